The van der Waals surface area contributed by atoms with E-state index in [1.807, 2.05) is 26.0 Å². The molecule has 0 bridgehead atoms. The Hall–Kier alpha value is -2.24. The quantitative estimate of drug-likeness (QED) is 0.762. The van der Waals surface area contributed by atoms with Crippen LogP contribution < -0.4 is 10.1 Å². The number of anilines is 1. The molecule has 0 unspecified atom stereocenters. The van der Waals surface area contributed by atoms with Crippen molar-refractivity contribution in [2.45, 2.75) is 13.8 Å². The highest BCUT2D eigenvalue weighted by atomic mass is 35.5. The van der Waals surface area contributed by atoms with Gasteiger partial charge < -0.3 is 14.8 Å². The molecule has 0 radical (unpaired) electrons. The first-order chi connectivity index (χ1) is 11.8. The maximum atomic E-state index is 11.8. The second-order valence-corrected chi connectivity index (χ2v) is 6.21. The second kappa shape index (κ2) is 8.74. The zero-order valence-electron chi connectivity index (χ0n) is 13.8. The van der Waals surface area contributed by atoms with Gasteiger partial charge in [0.2, 0.25) is 0 Å². The van der Waals surface area contributed by atoms with Crippen LogP contribution in [0, 0.1) is 13.8 Å². The summed E-state index contributed by atoms with van der Waals surface area (Å²) in [5, 5.41) is 3.29. The number of hydrogen-bond acceptors (Lipinski definition) is 4. The van der Waals surface area contributed by atoms with Crippen LogP contribution in [0.5, 0.6) is 5.75 Å². The van der Waals surface area contributed by atoms with Crippen LogP contribution in [0.2, 0.25) is 10.0 Å². The Labute approximate surface area is 155 Å². The third kappa shape index (κ3) is 5.96. The molecule has 132 valence electrons. The Balaban J connectivity index is 1.77. The minimum atomic E-state index is -0.643. The summed E-state index contributed by atoms with van der Waals surface area (Å²) in [5.41, 5.74) is 2.58. The fourth-order valence-corrected chi connectivity index (χ4v) is 2.37. The van der Waals surface area contributed by atoms with Gasteiger partial charge in [-0.05, 0) is 55.3 Å². The van der Waals surface area contributed by atoms with E-state index >= 15 is 0 Å². The van der Waals surface area contributed by atoms with E-state index in [-0.39, 0.29) is 6.61 Å². The van der Waals surface area contributed by atoms with E-state index in [1.54, 1.807) is 18.2 Å². The highest BCUT2D eigenvalue weighted by Gasteiger charge is 2.11. The van der Waals surface area contributed by atoms with Crippen molar-refractivity contribution >= 4 is 40.8 Å². The average molecular weight is 382 g/mol. The van der Waals surface area contributed by atoms with Crippen molar-refractivity contribution in [2.24, 2.45) is 0 Å². The molecule has 0 aromatic heterocycles. The monoisotopic (exact) mass is 381 g/mol. The zero-order valence-corrected chi connectivity index (χ0v) is 15.3. The molecule has 5 nitrogen and oxygen atoms in total. The van der Waals surface area contributed by atoms with Gasteiger partial charge in [0.05, 0.1) is 10.7 Å². The van der Waals surface area contributed by atoms with Gasteiger partial charge in [-0.2, -0.15) is 0 Å². The van der Waals surface area contributed by atoms with Crippen molar-refractivity contribution in [3.8, 4) is 5.75 Å². The molecule has 2 aromatic rings. The maximum Gasteiger partial charge on any atom is 0.344 e. The minimum absolute atomic E-state index is 0.280. The Morgan fingerprint density at radius 1 is 1.00 bits per heavy atom. The third-order valence-electron chi connectivity index (χ3n) is 3.40. The van der Waals surface area contributed by atoms with Crippen LogP contribution in [0.1, 0.15) is 11.1 Å². The largest absolute Gasteiger partial charge is 0.482 e. The summed E-state index contributed by atoms with van der Waals surface area (Å²) in [6, 6.07) is 10.2. The van der Waals surface area contributed by atoms with Gasteiger partial charge in [-0.25, -0.2) is 4.79 Å². The topological polar surface area (TPSA) is 64.6 Å². The van der Waals surface area contributed by atoms with Crippen LogP contribution in [0.25, 0.3) is 0 Å². The van der Waals surface area contributed by atoms with Crippen molar-refractivity contribution in [2.75, 3.05) is 18.5 Å². The molecule has 1 amide bonds. The van der Waals surface area contributed by atoms with Gasteiger partial charge in [-0.3, -0.25) is 4.79 Å². The number of rotatable bonds is 6. The van der Waals surface area contributed by atoms with E-state index in [1.165, 1.54) is 6.07 Å². The Morgan fingerprint density at radius 2 is 1.76 bits per heavy atom. The smallest absolute Gasteiger partial charge is 0.344 e. The number of hydrogen-bond donors (Lipinski definition) is 1. The summed E-state index contributed by atoms with van der Waals surface area (Å²) in [7, 11) is 0. The number of nitrogens with one attached hydrogen (secondary N) is 1. The molecule has 0 aliphatic heterocycles. The van der Waals surface area contributed by atoms with E-state index in [0.29, 0.717) is 21.5 Å². The number of carbonyl (C=O) groups is 2. The molecule has 0 saturated carbocycles. The molecule has 0 saturated heterocycles. The summed E-state index contributed by atoms with van der Waals surface area (Å²) in [5.74, 6) is -0.586. The third-order valence-corrected chi connectivity index (χ3v) is 3.95. The van der Waals surface area contributed by atoms with Gasteiger partial charge in [0.25, 0.3) is 5.91 Å². The summed E-state index contributed by atoms with van der Waals surface area (Å²) in [6.45, 7) is 3.22. The molecule has 0 aliphatic carbocycles. The van der Waals surface area contributed by atoms with Crippen molar-refractivity contribution in [1.29, 1.82) is 0 Å². The van der Waals surface area contributed by atoms with Crippen molar-refractivity contribution in [3.63, 3.8) is 0 Å². The van der Waals surface area contributed by atoms with Crippen molar-refractivity contribution < 1.29 is 19.1 Å². The van der Waals surface area contributed by atoms with Gasteiger partial charge in [0, 0.05) is 5.02 Å². The maximum absolute atomic E-state index is 11.8. The van der Waals surface area contributed by atoms with Crippen molar-refractivity contribution in [1.82, 2.24) is 0 Å². The lowest BCUT2D eigenvalue weighted by Gasteiger charge is -2.10. The lowest BCUT2D eigenvalue weighted by atomic mass is 10.1. The number of carbonyl (C=O) groups excluding carboxylic acids is 2. The molecular formula is C18H17Cl2NO4. The normalized spacial score (nSPS) is 10.2. The van der Waals surface area contributed by atoms with Crippen LogP contribution in [0.15, 0.2) is 36.4 Å². The minimum Gasteiger partial charge on any atom is -0.482 e. The lowest BCUT2D eigenvalue weighted by molar-refractivity contribution is -0.149. The summed E-state index contributed by atoms with van der Waals surface area (Å²) in [6.07, 6.45) is 0. The number of halogens is 2. The summed E-state index contributed by atoms with van der Waals surface area (Å²) < 4.78 is 10.2. The van der Waals surface area contributed by atoms with E-state index in [4.69, 9.17) is 32.7 Å². The molecular weight excluding hydrogens is 365 g/mol. The molecule has 2 aromatic carbocycles. The predicted molar refractivity (Wildman–Crippen MR) is 97.5 cm³/mol. The lowest BCUT2D eigenvalue weighted by Crippen LogP contribution is -2.23. The molecule has 25 heavy (non-hydrogen) atoms. The Bertz CT molecular complexity index is 793. The number of ether oxygens (including phenoxy) is 2. The molecule has 0 spiro atoms. The Kier molecular flexibility index (Phi) is 6.67. The molecule has 0 atom stereocenters. The highest BCUT2D eigenvalue weighted by Crippen LogP contribution is 2.25. The fourth-order valence-electron chi connectivity index (χ4n) is 1.91. The molecule has 7 heteroatoms. The number of esters is 1. The van der Waals surface area contributed by atoms with Gasteiger partial charge in [0.1, 0.15) is 5.75 Å². The van der Waals surface area contributed by atoms with Gasteiger partial charge in [-0.15, -0.1) is 0 Å². The first kappa shape index (κ1) is 19.1. The van der Waals surface area contributed by atoms with E-state index < -0.39 is 18.5 Å². The molecule has 1 N–H and O–H groups in total. The van der Waals surface area contributed by atoms with Crippen LogP contribution in [0.3, 0.4) is 0 Å². The molecule has 0 heterocycles. The van der Waals surface area contributed by atoms with Crippen LogP contribution >= 0.6 is 23.2 Å². The van der Waals surface area contributed by atoms with Gasteiger partial charge in [0.15, 0.2) is 13.2 Å². The number of benzene rings is 2. The number of amides is 1. The molecule has 0 fully saturated rings. The first-order valence-electron chi connectivity index (χ1n) is 7.45. The molecule has 2 rings (SSSR count). The summed E-state index contributed by atoms with van der Waals surface area (Å²) >= 11 is 11.7. The summed E-state index contributed by atoms with van der Waals surface area (Å²) in [4.78, 5) is 23.5. The van der Waals surface area contributed by atoms with Crippen molar-refractivity contribution in [3.05, 3.63) is 57.6 Å². The van der Waals surface area contributed by atoms with Crippen LogP contribution in [-0.2, 0) is 14.3 Å². The standard InChI is InChI=1S/C18H17Cl2NO4/c1-11-3-5-14(7-12(11)2)24-10-18(23)25-9-17(22)21-16-6-4-13(19)8-15(16)20/h3-8H,9-10H2,1-2H3,(H,21,22). The van der Waals surface area contributed by atoms with Gasteiger partial charge >= 0.3 is 5.97 Å². The second-order valence-electron chi connectivity index (χ2n) is 5.37. The number of aryl methyl sites for hydroxylation is 2. The van der Waals surface area contributed by atoms with Crippen LogP contribution in [0.4, 0.5) is 5.69 Å². The molecule has 0 aliphatic rings. The van der Waals surface area contributed by atoms with Gasteiger partial charge in [-0.1, -0.05) is 29.3 Å². The zero-order chi connectivity index (χ0) is 18.4. The van der Waals surface area contributed by atoms with E-state index in [9.17, 15) is 9.59 Å². The SMILES string of the molecule is Cc1ccc(OCC(=O)OCC(=O)Nc2ccc(Cl)cc2Cl)cc1C. The van der Waals surface area contributed by atoms with E-state index in [0.717, 1.165) is 11.1 Å². The predicted octanol–water partition coefficient (Wildman–Crippen LogP) is 4.17. The fraction of sp³-hybridized carbons (Fsp3) is 0.222. The van der Waals surface area contributed by atoms with E-state index in [2.05, 4.69) is 5.32 Å². The Morgan fingerprint density at radius 3 is 2.44 bits per heavy atom. The first-order valence-corrected chi connectivity index (χ1v) is 8.21. The van der Waals surface area contributed by atoms with Crippen LogP contribution in [-0.4, -0.2) is 25.1 Å². The average Bonchev–Trinajstić information content (AvgIpc) is 2.56. The highest BCUT2D eigenvalue weighted by molar-refractivity contribution is 6.36.